The maximum absolute atomic E-state index is 12.9. The summed E-state index contributed by atoms with van der Waals surface area (Å²) in [5.74, 6) is 0. The van der Waals surface area contributed by atoms with Crippen LogP contribution < -0.4 is 0 Å². The number of hydrogen-bond donors (Lipinski definition) is 1. The Hall–Kier alpha value is -2.24. The fourth-order valence-corrected chi connectivity index (χ4v) is 4.34. The molecular formula is C20H33N3O7S. The molecule has 1 unspecified atom stereocenters. The maximum atomic E-state index is 12.9. The van der Waals surface area contributed by atoms with Crippen molar-refractivity contribution in [2.75, 3.05) is 26.2 Å². The van der Waals surface area contributed by atoms with Crippen LogP contribution in [0.2, 0.25) is 0 Å². The number of benzene rings is 1. The number of carbonyl (C=O) groups excluding carboxylic acids is 1. The van der Waals surface area contributed by atoms with E-state index in [2.05, 4.69) is 0 Å². The van der Waals surface area contributed by atoms with E-state index in [1.807, 2.05) is 6.92 Å². The zero-order valence-electron chi connectivity index (χ0n) is 18.8. The lowest BCUT2D eigenvalue weighted by Crippen LogP contribution is -2.42. The summed E-state index contributed by atoms with van der Waals surface area (Å²) >= 11 is 0. The Balaban J connectivity index is 2.83. The number of non-ortho nitro benzene ring substituents is 1. The quantitative estimate of drug-likeness (QED) is 0.397. The first-order chi connectivity index (χ1) is 14.3. The molecule has 11 heteroatoms. The van der Waals surface area contributed by atoms with Gasteiger partial charge in [-0.15, -0.1) is 0 Å². The first-order valence-electron chi connectivity index (χ1n) is 10.2. The predicted molar refractivity (Wildman–Crippen MR) is 116 cm³/mol. The number of sulfonamides is 1. The molecule has 0 bridgehead atoms. The van der Waals surface area contributed by atoms with E-state index in [1.165, 1.54) is 21.3 Å². The highest BCUT2D eigenvalue weighted by Gasteiger charge is 2.27. The molecule has 1 aromatic carbocycles. The average Bonchev–Trinajstić information content (AvgIpc) is 2.67. The monoisotopic (exact) mass is 459 g/mol. The van der Waals surface area contributed by atoms with Crippen molar-refractivity contribution in [3.63, 3.8) is 0 Å². The molecule has 0 radical (unpaired) electrons. The van der Waals surface area contributed by atoms with Gasteiger partial charge in [0, 0.05) is 38.3 Å². The molecule has 0 aromatic heterocycles. The lowest BCUT2D eigenvalue weighted by atomic mass is 10.2. The molecule has 1 N–H and O–H groups in total. The smallest absolute Gasteiger partial charge is 0.410 e. The molecule has 31 heavy (non-hydrogen) atoms. The number of amides is 1. The number of aliphatic hydroxyl groups is 1. The van der Waals surface area contributed by atoms with Crippen molar-refractivity contribution in [1.82, 2.24) is 9.21 Å². The van der Waals surface area contributed by atoms with Gasteiger partial charge in [0.25, 0.3) is 5.69 Å². The third-order valence-electron chi connectivity index (χ3n) is 4.33. The second-order valence-corrected chi connectivity index (χ2v) is 10.1. The molecule has 1 atom stereocenters. The fraction of sp³-hybridized carbons (Fsp3) is 0.650. The Morgan fingerprint density at radius 1 is 1.19 bits per heavy atom. The molecule has 1 aromatic rings. The van der Waals surface area contributed by atoms with Crippen LogP contribution in [0, 0.1) is 10.1 Å². The number of hydrogen-bond acceptors (Lipinski definition) is 7. The Bertz CT molecular complexity index is 835. The Morgan fingerprint density at radius 3 is 2.23 bits per heavy atom. The summed E-state index contributed by atoms with van der Waals surface area (Å²) in [6, 6.07) is 4.69. The first-order valence-corrected chi connectivity index (χ1v) is 11.7. The number of carbonyl (C=O) groups is 1. The van der Waals surface area contributed by atoms with E-state index in [0.29, 0.717) is 13.0 Å². The standard InChI is InChI=1S/C20H33N3O7S/c1-6-13-22(31(28,29)18-10-8-16(9-11-18)23(26)27)14-12-17(24)15-21(7-2)19(25)30-20(3,4)5/h8-11,17,24H,6-7,12-15H2,1-5H3. The molecule has 1 rings (SSSR count). The van der Waals surface area contributed by atoms with E-state index in [0.717, 1.165) is 12.1 Å². The second kappa shape index (κ2) is 11.4. The molecule has 0 spiro atoms. The highest BCUT2D eigenvalue weighted by Crippen LogP contribution is 2.20. The van der Waals surface area contributed by atoms with E-state index in [1.54, 1.807) is 27.7 Å². The molecule has 0 saturated heterocycles. The molecular weight excluding hydrogens is 426 g/mol. The van der Waals surface area contributed by atoms with Crippen molar-refractivity contribution in [3.8, 4) is 0 Å². The van der Waals surface area contributed by atoms with Crippen LogP contribution in [0.15, 0.2) is 29.2 Å². The van der Waals surface area contributed by atoms with Gasteiger partial charge in [-0.1, -0.05) is 6.92 Å². The summed E-state index contributed by atoms with van der Waals surface area (Å²) in [6.07, 6.45) is -0.816. The second-order valence-electron chi connectivity index (χ2n) is 8.12. The van der Waals surface area contributed by atoms with Crippen molar-refractivity contribution in [2.45, 2.75) is 64.1 Å². The molecule has 0 saturated carbocycles. The van der Waals surface area contributed by atoms with Crippen LogP contribution in [0.4, 0.5) is 10.5 Å². The zero-order valence-corrected chi connectivity index (χ0v) is 19.6. The lowest BCUT2D eigenvalue weighted by Gasteiger charge is -2.29. The topological polar surface area (TPSA) is 130 Å². The predicted octanol–water partition coefficient (Wildman–Crippen LogP) is 3.00. The number of likely N-dealkylation sites (N-methyl/N-ethyl adjacent to an activating group) is 1. The van der Waals surface area contributed by atoms with Crippen molar-refractivity contribution in [3.05, 3.63) is 34.4 Å². The third-order valence-corrected chi connectivity index (χ3v) is 6.25. The van der Waals surface area contributed by atoms with Gasteiger partial charge in [0.05, 0.1) is 15.9 Å². The third kappa shape index (κ3) is 8.42. The minimum absolute atomic E-state index is 0.0168. The van der Waals surface area contributed by atoms with Crippen molar-refractivity contribution in [1.29, 1.82) is 0 Å². The number of nitro groups is 1. The molecule has 176 valence electrons. The van der Waals surface area contributed by atoms with Gasteiger partial charge in [0.2, 0.25) is 10.0 Å². The van der Waals surface area contributed by atoms with Gasteiger partial charge in [0.15, 0.2) is 0 Å². The molecule has 0 fully saturated rings. The van der Waals surface area contributed by atoms with Crippen LogP contribution in [0.3, 0.4) is 0 Å². The van der Waals surface area contributed by atoms with Gasteiger partial charge in [-0.05, 0) is 52.7 Å². The Morgan fingerprint density at radius 2 is 1.77 bits per heavy atom. The van der Waals surface area contributed by atoms with Crippen molar-refractivity contribution in [2.24, 2.45) is 0 Å². The van der Waals surface area contributed by atoms with E-state index in [4.69, 9.17) is 4.74 Å². The van der Waals surface area contributed by atoms with Gasteiger partial charge in [-0.3, -0.25) is 10.1 Å². The maximum Gasteiger partial charge on any atom is 0.410 e. The van der Waals surface area contributed by atoms with Gasteiger partial charge < -0.3 is 14.7 Å². The Labute approximate surface area is 184 Å². The number of nitrogens with zero attached hydrogens (tertiary/aromatic N) is 3. The highest BCUT2D eigenvalue weighted by molar-refractivity contribution is 7.89. The van der Waals surface area contributed by atoms with E-state index in [-0.39, 0.29) is 36.6 Å². The van der Waals surface area contributed by atoms with Crippen LogP contribution in [0.25, 0.3) is 0 Å². The van der Waals surface area contributed by atoms with Gasteiger partial charge >= 0.3 is 6.09 Å². The average molecular weight is 460 g/mol. The van der Waals surface area contributed by atoms with Crippen LogP contribution in [-0.4, -0.2) is 71.6 Å². The van der Waals surface area contributed by atoms with Crippen molar-refractivity contribution < 1.29 is 28.0 Å². The Kier molecular flexibility index (Phi) is 9.85. The molecule has 10 nitrogen and oxygen atoms in total. The number of nitro benzene ring substituents is 1. The number of rotatable bonds is 11. The van der Waals surface area contributed by atoms with Crippen LogP contribution in [-0.2, 0) is 14.8 Å². The minimum atomic E-state index is -3.88. The van der Waals surface area contributed by atoms with Crippen molar-refractivity contribution >= 4 is 21.8 Å². The highest BCUT2D eigenvalue weighted by atomic mass is 32.2. The van der Waals surface area contributed by atoms with Crippen LogP contribution in [0.1, 0.15) is 47.5 Å². The van der Waals surface area contributed by atoms with E-state index in [9.17, 15) is 28.4 Å². The van der Waals surface area contributed by atoms with E-state index >= 15 is 0 Å². The molecule has 0 aliphatic heterocycles. The summed E-state index contributed by atoms with van der Waals surface area (Å²) in [4.78, 5) is 23.7. The zero-order chi connectivity index (χ0) is 23.8. The van der Waals surface area contributed by atoms with E-state index < -0.39 is 32.7 Å². The summed E-state index contributed by atoms with van der Waals surface area (Å²) < 4.78 is 32.5. The SMILES string of the molecule is CCCN(CCC(O)CN(CC)C(=O)OC(C)(C)C)S(=O)(=O)c1ccc([N+](=O)[O-])cc1. The summed E-state index contributed by atoms with van der Waals surface area (Å²) in [6.45, 7) is 9.47. The number of ether oxygens (including phenoxy) is 1. The summed E-state index contributed by atoms with van der Waals surface area (Å²) in [5.41, 5.74) is -0.857. The minimum Gasteiger partial charge on any atom is -0.444 e. The fourth-order valence-electron chi connectivity index (χ4n) is 2.79. The lowest BCUT2D eigenvalue weighted by molar-refractivity contribution is -0.384. The van der Waals surface area contributed by atoms with Crippen LogP contribution in [0.5, 0.6) is 0 Å². The molecule has 0 heterocycles. The van der Waals surface area contributed by atoms with Crippen LogP contribution >= 0.6 is 0 Å². The van der Waals surface area contributed by atoms with Gasteiger partial charge in [0.1, 0.15) is 5.60 Å². The molecule has 0 aliphatic carbocycles. The largest absolute Gasteiger partial charge is 0.444 e. The summed E-state index contributed by atoms with van der Waals surface area (Å²) in [7, 11) is -3.88. The number of aliphatic hydroxyl groups excluding tert-OH is 1. The van der Waals surface area contributed by atoms with Gasteiger partial charge in [-0.2, -0.15) is 4.31 Å². The summed E-state index contributed by atoms with van der Waals surface area (Å²) in [5, 5.41) is 21.2. The molecule has 0 aliphatic rings. The first kappa shape index (κ1) is 26.8. The molecule has 1 amide bonds. The normalized spacial score (nSPS) is 13.1. The van der Waals surface area contributed by atoms with Gasteiger partial charge in [-0.25, -0.2) is 13.2 Å².